The van der Waals surface area contributed by atoms with Gasteiger partial charge in [0.05, 0.1) is 6.10 Å². The first-order valence-corrected chi connectivity index (χ1v) is 5.47. The maximum absolute atomic E-state index is 5.28. The highest BCUT2D eigenvalue weighted by Crippen LogP contribution is 2.12. The molecule has 13 heavy (non-hydrogen) atoms. The van der Waals surface area contributed by atoms with Gasteiger partial charge in [0.2, 0.25) is 0 Å². The van der Waals surface area contributed by atoms with Crippen molar-refractivity contribution in [1.82, 2.24) is 4.90 Å². The van der Waals surface area contributed by atoms with Crippen molar-refractivity contribution in [3.05, 3.63) is 0 Å². The molecule has 1 saturated heterocycles. The lowest BCUT2D eigenvalue weighted by Gasteiger charge is -2.17. The third kappa shape index (κ3) is 5.27. The van der Waals surface area contributed by atoms with Crippen molar-refractivity contribution >= 4 is 0 Å². The normalized spacial score (nSPS) is 23.1. The molecule has 0 aromatic rings. The number of methoxy groups -OCH3 is 1. The van der Waals surface area contributed by atoms with Crippen LogP contribution in [0.4, 0.5) is 0 Å². The Hall–Kier alpha value is -0.0800. The van der Waals surface area contributed by atoms with Crippen LogP contribution in [0.1, 0.15) is 34.1 Å². The van der Waals surface area contributed by atoms with Gasteiger partial charge in [0, 0.05) is 26.7 Å². The third-order valence-electron chi connectivity index (χ3n) is 2.19. The minimum Gasteiger partial charge on any atom is -0.380 e. The first-order valence-electron chi connectivity index (χ1n) is 5.47. The van der Waals surface area contributed by atoms with Crippen LogP contribution in [-0.4, -0.2) is 37.7 Å². The summed E-state index contributed by atoms with van der Waals surface area (Å²) < 4.78 is 5.28. The van der Waals surface area contributed by atoms with E-state index in [0.717, 1.165) is 12.5 Å². The molecule has 1 rings (SSSR count). The van der Waals surface area contributed by atoms with Gasteiger partial charge in [-0.15, -0.1) is 0 Å². The monoisotopic (exact) mass is 187 g/mol. The Labute approximate surface area is 83.3 Å². The van der Waals surface area contributed by atoms with E-state index in [2.05, 4.69) is 18.7 Å². The highest BCUT2D eigenvalue weighted by Gasteiger charge is 2.21. The Bertz CT molecular complexity index is 115. The topological polar surface area (TPSA) is 12.5 Å². The molecule has 0 bridgehead atoms. The summed E-state index contributed by atoms with van der Waals surface area (Å²) in [5.41, 5.74) is 0. The van der Waals surface area contributed by atoms with Gasteiger partial charge < -0.3 is 9.64 Å². The summed E-state index contributed by atoms with van der Waals surface area (Å²) >= 11 is 0. The summed E-state index contributed by atoms with van der Waals surface area (Å²) in [6.07, 6.45) is 1.71. The Kier molecular flexibility index (Phi) is 7.29. The van der Waals surface area contributed by atoms with E-state index >= 15 is 0 Å². The van der Waals surface area contributed by atoms with E-state index in [9.17, 15) is 0 Å². The van der Waals surface area contributed by atoms with Crippen molar-refractivity contribution in [1.29, 1.82) is 0 Å². The highest BCUT2D eigenvalue weighted by molar-refractivity contribution is 4.75. The molecule has 1 heterocycles. The van der Waals surface area contributed by atoms with Gasteiger partial charge in [0.15, 0.2) is 0 Å². The zero-order chi connectivity index (χ0) is 10.3. The standard InChI is InChI=1S/C9H19NO.C2H6/c1-8(2)6-10-5-4-9(7-10)11-3;1-2/h8-9H,4-7H2,1-3H3;1-2H3. The number of hydrogen-bond acceptors (Lipinski definition) is 2. The Morgan fingerprint density at radius 3 is 2.38 bits per heavy atom. The van der Waals surface area contributed by atoms with Gasteiger partial charge in [0.25, 0.3) is 0 Å². The van der Waals surface area contributed by atoms with Gasteiger partial charge in [-0.2, -0.15) is 0 Å². The molecule has 0 saturated carbocycles. The van der Waals surface area contributed by atoms with Gasteiger partial charge >= 0.3 is 0 Å². The van der Waals surface area contributed by atoms with E-state index in [1.807, 2.05) is 21.0 Å². The second kappa shape index (κ2) is 7.34. The first-order chi connectivity index (χ1) is 6.22. The number of ether oxygens (including phenoxy) is 1. The summed E-state index contributed by atoms with van der Waals surface area (Å²) in [6, 6.07) is 0. The van der Waals surface area contributed by atoms with Crippen molar-refractivity contribution in [2.24, 2.45) is 5.92 Å². The second-order valence-electron chi connectivity index (χ2n) is 3.80. The van der Waals surface area contributed by atoms with Crippen LogP contribution in [0.25, 0.3) is 0 Å². The predicted octanol–water partition coefficient (Wildman–Crippen LogP) is 2.39. The summed E-state index contributed by atoms with van der Waals surface area (Å²) in [5.74, 6) is 0.783. The molecule has 0 N–H and O–H groups in total. The SMILES string of the molecule is CC.COC1CCN(CC(C)C)C1. The molecule has 1 aliphatic rings. The third-order valence-corrected chi connectivity index (χ3v) is 2.19. The van der Waals surface area contributed by atoms with E-state index in [-0.39, 0.29) is 0 Å². The molecule has 0 aliphatic carbocycles. The fraction of sp³-hybridized carbons (Fsp3) is 1.00. The molecule has 1 unspecified atom stereocenters. The van der Waals surface area contributed by atoms with Crippen molar-refractivity contribution in [2.75, 3.05) is 26.7 Å². The van der Waals surface area contributed by atoms with Crippen LogP contribution in [0.2, 0.25) is 0 Å². The Morgan fingerprint density at radius 2 is 2.00 bits per heavy atom. The van der Waals surface area contributed by atoms with Gasteiger partial charge in [-0.05, 0) is 12.3 Å². The molecule has 1 fully saturated rings. The molecule has 1 atom stereocenters. The zero-order valence-electron chi connectivity index (χ0n) is 9.84. The molecule has 0 aromatic heterocycles. The van der Waals surface area contributed by atoms with E-state index in [4.69, 9.17) is 4.74 Å². The molecule has 2 nitrogen and oxygen atoms in total. The number of nitrogens with zero attached hydrogens (tertiary/aromatic N) is 1. The molecule has 2 heteroatoms. The highest BCUT2D eigenvalue weighted by atomic mass is 16.5. The van der Waals surface area contributed by atoms with Crippen LogP contribution in [0, 0.1) is 5.92 Å². The molecule has 0 aromatic carbocycles. The summed E-state index contributed by atoms with van der Waals surface area (Å²) in [5, 5.41) is 0. The fourth-order valence-electron chi connectivity index (χ4n) is 1.67. The van der Waals surface area contributed by atoms with Crippen molar-refractivity contribution in [3.8, 4) is 0 Å². The largest absolute Gasteiger partial charge is 0.380 e. The average Bonchev–Trinajstić information content (AvgIpc) is 2.55. The maximum Gasteiger partial charge on any atom is 0.0710 e. The van der Waals surface area contributed by atoms with E-state index < -0.39 is 0 Å². The number of likely N-dealkylation sites (tertiary alicyclic amines) is 1. The van der Waals surface area contributed by atoms with Crippen molar-refractivity contribution in [3.63, 3.8) is 0 Å². The molecule has 80 valence electrons. The minimum atomic E-state index is 0.494. The van der Waals surface area contributed by atoms with Crippen LogP contribution in [0.15, 0.2) is 0 Å². The molecule has 1 aliphatic heterocycles. The zero-order valence-corrected chi connectivity index (χ0v) is 9.84. The Morgan fingerprint density at radius 1 is 1.38 bits per heavy atom. The van der Waals surface area contributed by atoms with Gasteiger partial charge in [-0.25, -0.2) is 0 Å². The lowest BCUT2D eigenvalue weighted by Crippen LogP contribution is -2.26. The predicted molar refractivity (Wildman–Crippen MR) is 58.0 cm³/mol. The summed E-state index contributed by atoms with van der Waals surface area (Å²) in [4.78, 5) is 2.48. The van der Waals surface area contributed by atoms with Crippen LogP contribution >= 0.6 is 0 Å². The molecular weight excluding hydrogens is 162 g/mol. The summed E-state index contributed by atoms with van der Waals surface area (Å²) in [6.45, 7) is 12.1. The van der Waals surface area contributed by atoms with Crippen LogP contribution in [-0.2, 0) is 4.74 Å². The van der Waals surface area contributed by atoms with E-state index in [1.54, 1.807) is 0 Å². The van der Waals surface area contributed by atoms with E-state index in [0.29, 0.717) is 6.10 Å². The van der Waals surface area contributed by atoms with Crippen LogP contribution in [0.3, 0.4) is 0 Å². The molecular formula is C11H25NO. The van der Waals surface area contributed by atoms with E-state index in [1.165, 1.54) is 19.5 Å². The lowest BCUT2D eigenvalue weighted by atomic mass is 10.2. The summed E-state index contributed by atoms with van der Waals surface area (Å²) in [7, 11) is 1.81. The maximum atomic E-state index is 5.28. The average molecular weight is 187 g/mol. The van der Waals surface area contributed by atoms with Crippen molar-refractivity contribution < 1.29 is 4.74 Å². The minimum absolute atomic E-state index is 0.494. The molecule has 0 radical (unpaired) electrons. The van der Waals surface area contributed by atoms with Gasteiger partial charge in [0.1, 0.15) is 0 Å². The quantitative estimate of drug-likeness (QED) is 0.672. The first kappa shape index (κ1) is 12.9. The molecule has 0 spiro atoms. The number of rotatable bonds is 3. The van der Waals surface area contributed by atoms with Crippen LogP contribution in [0.5, 0.6) is 0 Å². The molecule has 0 amide bonds. The van der Waals surface area contributed by atoms with Gasteiger partial charge in [-0.3, -0.25) is 0 Å². The fourth-order valence-corrected chi connectivity index (χ4v) is 1.67. The lowest BCUT2D eigenvalue weighted by molar-refractivity contribution is 0.106. The number of hydrogen-bond donors (Lipinski definition) is 0. The Balaban J connectivity index is 0.000000671. The van der Waals surface area contributed by atoms with Crippen molar-refractivity contribution in [2.45, 2.75) is 40.2 Å². The van der Waals surface area contributed by atoms with Crippen LogP contribution < -0.4 is 0 Å². The van der Waals surface area contributed by atoms with Gasteiger partial charge in [-0.1, -0.05) is 27.7 Å². The second-order valence-corrected chi connectivity index (χ2v) is 3.80. The smallest absolute Gasteiger partial charge is 0.0710 e.